The zero-order chi connectivity index (χ0) is 28.1. The Bertz CT molecular complexity index is 1670. The van der Waals surface area contributed by atoms with Gasteiger partial charge in [-0.1, -0.05) is 23.7 Å². The van der Waals surface area contributed by atoms with E-state index in [0.29, 0.717) is 46.1 Å². The summed E-state index contributed by atoms with van der Waals surface area (Å²) >= 11 is 6.39. The number of carbonyl (C=O) groups is 1. The van der Waals surface area contributed by atoms with Gasteiger partial charge in [-0.15, -0.1) is 5.10 Å². The molecule has 4 N–H and O–H groups in total. The van der Waals surface area contributed by atoms with Crippen LogP contribution in [-0.4, -0.2) is 42.9 Å². The van der Waals surface area contributed by atoms with Crippen molar-refractivity contribution in [3.05, 3.63) is 118 Å². The molecule has 0 fully saturated rings. The van der Waals surface area contributed by atoms with Crippen molar-refractivity contribution in [1.29, 1.82) is 0 Å². The smallest absolute Gasteiger partial charge is 0.409 e. The quantitative estimate of drug-likeness (QED) is 0.191. The number of aromatic amines is 1. The largest absolute Gasteiger partial charge is 0.465 e. The second kappa shape index (κ2) is 11.8. The molecular formula is C28H23ClFN7O3. The van der Waals surface area contributed by atoms with Gasteiger partial charge < -0.3 is 15.4 Å². The molecule has 40 heavy (non-hydrogen) atoms. The molecule has 0 radical (unpaired) electrons. The molecule has 0 spiro atoms. The monoisotopic (exact) mass is 559 g/mol. The fourth-order valence-electron chi connectivity index (χ4n) is 4.54. The average Bonchev–Trinajstić information content (AvgIpc) is 3.47. The molecule has 1 amide bonds. The van der Waals surface area contributed by atoms with Gasteiger partial charge in [-0.2, -0.15) is 4.68 Å². The van der Waals surface area contributed by atoms with E-state index in [1.165, 1.54) is 23.1 Å². The van der Waals surface area contributed by atoms with Crippen molar-refractivity contribution in [3.8, 4) is 16.8 Å². The maximum Gasteiger partial charge on any atom is 0.409 e. The minimum atomic E-state index is -1.15. The molecule has 3 aromatic carbocycles. The molecule has 0 bridgehead atoms. The van der Waals surface area contributed by atoms with Crippen LogP contribution >= 0.6 is 11.6 Å². The average molecular weight is 560 g/mol. The first-order chi connectivity index (χ1) is 19.4. The van der Waals surface area contributed by atoms with E-state index in [1.54, 1.807) is 66.9 Å². The molecule has 12 heteroatoms. The topological polar surface area (TPSA) is 138 Å². The van der Waals surface area contributed by atoms with Crippen molar-refractivity contribution in [1.82, 2.24) is 25.2 Å². The van der Waals surface area contributed by atoms with E-state index < -0.39 is 6.09 Å². The van der Waals surface area contributed by atoms with Crippen molar-refractivity contribution >= 4 is 29.1 Å². The molecule has 1 unspecified atom stereocenters. The fraction of sp³-hybridized carbons (Fsp3) is 0.107. The lowest BCUT2D eigenvalue weighted by atomic mass is 9.86. The van der Waals surface area contributed by atoms with Crippen LogP contribution in [0.4, 0.5) is 20.6 Å². The van der Waals surface area contributed by atoms with Gasteiger partial charge in [0.05, 0.1) is 5.69 Å². The second-order valence-electron chi connectivity index (χ2n) is 8.97. The number of rotatable bonds is 9. The molecule has 5 aromatic rings. The molecule has 5 rings (SSSR count). The highest BCUT2D eigenvalue weighted by atomic mass is 35.5. The molecule has 1 atom stereocenters. The van der Waals surface area contributed by atoms with Crippen LogP contribution in [0.1, 0.15) is 17.0 Å². The van der Waals surface area contributed by atoms with Crippen molar-refractivity contribution in [2.24, 2.45) is 0 Å². The normalized spacial score (nSPS) is 11.7. The molecular weight excluding hydrogens is 537 g/mol. The SMILES string of the molecule is O=C(O)Nc1ccc(NCC(Cc2ccc(F)cc2)c2c(-c3cc(Cl)ccc3-n3cnnn3)cc[nH]c2=O)cc1. The van der Waals surface area contributed by atoms with E-state index in [-0.39, 0.29) is 17.3 Å². The predicted molar refractivity (Wildman–Crippen MR) is 150 cm³/mol. The van der Waals surface area contributed by atoms with Crippen molar-refractivity contribution in [2.45, 2.75) is 12.3 Å². The zero-order valence-corrected chi connectivity index (χ0v) is 21.6. The lowest BCUT2D eigenvalue weighted by Crippen LogP contribution is -2.24. The maximum atomic E-state index is 13.7. The number of halogens is 2. The first-order valence-electron chi connectivity index (χ1n) is 12.2. The summed E-state index contributed by atoms with van der Waals surface area (Å²) in [6, 6.07) is 20.0. The number of anilines is 2. The van der Waals surface area contributed by atoms with Gasteiger partial charge >= 0.3 is 6.09 Å². The first kappa shape index (κ1) is 26.6. The van der Waals surface area contributed by atoms with E-state index >= 15 is 0 Å². The predicted octanol–water partition coefficient (Wildman–Crippen LogP) is 5.34. The summed E-state index contributed by atoms with van der Waals surface area (Å²) in [6.07, 6.45) is 2.30. The summed E-state index contributed by atoms with van der Waals surface area (Å²) in [5.41, 5.74) is 4.16. The Morgan fingerprint density at radius 1 is 1.02 bits per heavy atom. The number of amides is 1. The van der Waals surface area contributed by atoms with Gasteiger partial charge in [-0.3, -0.25) is 10.1 Å². The molecule has 0 aliphatic heterocycles. The van der Waals surface area contributed by atoms with Crippen LogP contribution in [0, 0.1) is 5.82 Å². The number of benzene rings is 3. The van der Waals surface area contributed by atoms with Crippen molar-refractivity contribution in [3.63, 3.8) is 0 Å². The minimum Gasteiger partial charge on any atom is -0.465 e. The highest BCUT2D eigenvalue weighted by Gasteiger charge is 2.23. The van der Waals surface area contributed by atoms with E-state index in [1.807, 2.05) is 0 Å². The van der Waals surface area contributed by atoms with Crippen molar-refractivity contribution < 1.29 is 14.3 Å². The second-order valence-corrected chi connectivity index (χ2v) is 9.40. The summed E-state index contributed by atoms with van der Waals surface area (Å²) in [6.45, 7) is 0.337. The van der Waals surface area contributed by atoms with E-state index in [9.17, 15) is 14.0 Å². The number of aromatic nitrogens is 5. The Balaban J connectivity index is 1.56. The van der Waals surface area contributed by atoms with Gasteiger partial charge in [-0.25, -0.2) is 9.18 Å². The van der Waals surface area contributed by atoms with Gasteiger partial charge in [0.25, 0.3) is 5.56 Å². The van der Waals surface area contributed by atoms with Gasteiger partial charge in [0, 0.05) is 46.2 Å². The number of pyridine rings is 1. The fourth-order valence-corrected chi connectivity index (χ4v) is 4.72. The van der Waals surface area contributed by atoms with E-state index in [0.717, 1.165) is 11.3 Å². The van der Waals surface area contributed by atoms with Crippen LogP contribution in [0.25, 0.3) is 16.8 Å². The van der Waals surface area contributed by atoms with Crippen LogP contribution in [0.15, 0.2) is 90.1 Å². The first-order valence-corrected chi connectivity index (χ1v) is 12.6. The molecule has 202 valence electrons. The highest BCUT2D eigenvalue weighted by molar-refractivity contribution is 6.31. The standard InChI is InChI=1S/C28H23ClFN7O3/c29-19-3-10-25(37-16-33-35-36-37)24(14-19)23-11-12-31-27(38)26(23)18(13-17-1-4-20(30)5-2-17)15-32-21-6-8-22(9-7-21)34-28(39)40/h1-12,14,16,18,32,34H,13,15H2,(H,31,38)(H,39,40). The van der Waals surface area contributed by atoms with Crippen LogP contribution in [-0.2, 0) is 6.42 Å². The number of nitrogens with zero attached hydrogens (tertiary/aromatic N) is 4. The van der Waals surface area contributed by atoms with Crippen LogP contribution in [0.5, 0.6) is 0 Å². The van der Waals surface area contributed by atoms with Gasteiger partial charge in [0.1, 0.15) is 12.1 Å². The van der Waals surface area contributed by atoms with Gasteiger partial charge in [-0.05, 0) is 88.6 Å². The Hall–Kier alpha value is -5.03. The third-order valence-corrected chi connectivity index (χ3v) is 6.57. The number of nitrogens with one attached hydrogen (secondary N) is 3. The van der Waals surface area contributed by atoms with Gasteiger partial charge in [0.15, 0.2) is 0 Å². The lowest BCUT2D eigenvalue weighted by Gasteiger charge is -2.22. The van der Waals surface area contributed by atoms with Crippen molar-refractivity contribution in [2.75, 3.05) is 17.2 Å². The zero-order valence-electron chi connectivity index (χ0n) is 20.9. The summed E-state index contributed by atoms with van der Waals surface area (Å²) in [5.74, 6) is -0.723. The third-order valence-electron chi connectivity index (χ3n) is 6.34. The van der Waals surface area contributed by atoms with E-state index in [4.69, 9.17) is 16.7 Å². The van der Waals surface area contributed by atoms with Gasteiger partial charge in [0.2, 0.25) is 0 Å². The number of hydrogen-bond donors (Lipinski definition) is 4. The minimum absolute atomic E-state index is 0.282. The summed E-state index contributed by atoms with van der Waals surface area (Å²) in [5, 5.41) is 26.5. The van der Waals surface area contributed by atoms with Crippen LogP contribution in [0.3, 0.4) is 0 Å². The molecule has 10 nitrogen and oxygen atoms in total. The molecule has 0 aliphatic carbocycles. The molecule has 2 heterocycles. The number of hydrogen-bond acceptors (Lipinski definition) is 6. The van der Waals surface area contributed by atoms with Crippen LogP contribution < -0.4 is 16.2 Å². The third kappa shape index (κ3) is 6.16. The summed E-state index contributed by atoms with van der Waals surface area (Å²) in [4.78, 5) is 27.2. The molecule has 0 aliphatic rings. The Morgan fingerprint density at radius 2 is 1.77 bits per heavy atom. The highest BCUT2D eigenvalue weighted by Crippen LogP contribution is 2.34. The lowest BCUT2D eigenvalue weighted by molar-refractivity contribution is 0.209. The maximum absolute atomic E-state index is 13.7. The van der Waals surface area contributed by atoms with E-state index in [2.05, 4.69) is 31.1 Å². The summed E-state index contributed by atoms with van der Waals surface area (Å²) in [7, 11) is 0. The Morgan fingerprint density at radius 3 is 2.48 bits per heavy atom. The Labute approximate surface area is 232 Å². The number of tetrazole rings is 1. The molecule has 0 saturated carbocycles. The summed E-state index contributed by atoms with van der Waals surface area (Å²) < 4.78 is 15.2. The number of H-pyrrole nitrogens is 1. The molecule has 0 saturated heterocycles. The number of carboxylic acid groups (broad SMARTS) is 1. The molecule has 2 aromatic heterocycles. The Kier molecular flexibility index (Phi) is 7.83. The van der Waals surface area contributed by atoms with Crippen LogP contribution in [0.2, 0.25) is 5.02 Å².